The molecule has 1 saturated heterocycles. The van der Waals surface area contributed by atoms with Crippen molar-refractivity contribution in [3.8, 4) is 0 Å². The van der Waals surface area contributed by atoms with E-state index in [4.69, 9.17) is 0 Å². The van der Waals surface area contributed by atoms with Crippen LogP contribution in [0.2, 0.25) is 0 Å². The molecule has 7 nitrogen and oxygen atoms in total. The fourth-order valence-corrected chi connectivity index (χ4v) is 3.03. The van der Waals surface area contributed by atoms with Crippen LogP contribution in [-0.4, -0.2) is 34.7 Å². The smallest absolute Gasteiger partial charge is 0.269 e. The summed E-state index contributed by atoms with van der Waals surface area (Å²) in [6.45, 7) is 1.25. The quantitative estimate of drug-likeness (QED) is 0.624. The third-order valence-electron chi connectivity index (χ3n) is 4.47. The maximum Gasteiger partial charge on any atom is 0.269 e. The number of carbonyl (C=O) groups is 2. The van der Waals surface area contributed by atoms with Crippen LogP contribution in [0.15, 0.2) is 48.5 Å². The molecule has 0 radical (unpaired) electrons. The number of carbonyl (C=O) groups excluding carboxylic acids is 2. The zero-order chi connectivity index (χ0) is 19.4. The molecule has 1 fully saturated rings. The van der Waals surface area contributed by atoms with Crippen LogP contribution < -0.4 is 5.32 Å². The molecule has 0 bridgehead atoms. The number of nitro groups is 1. The summed E-state index contributed by atoms with van der Waals surface area (Å²) in [5.74, 6) is -0.679. The first kappa shape index (κ1) is 18.5. The topological polar surface area (TPSA) is 92.6 Å². The molecule has 140 valence electrons. The first-order chi connectivity index (χ1) is 12.9. The van der Waals surface area contributed by atoms with Crippen LogP contribution >= 0.6 is 0 Å². The van der Waals surface area contributed by atoms with Crippen LogP contribution in [-0.2, 0) is 11.3 Å². The van der Waals surface area contributed by atoms with Gasteiger partial charge in [0.25, 0.3) is 11.6 Å². The maximum absolute atomic E-state index is 13.0. The predicted molar refractivity (Wildman–Crippen MR) is 95.4 cm³/mol. The first-order valence-electron chi connectivity index (χ1n) is 8.47. The number of nitro benzene ring substituents is 1. The van der Waals surface area contributed by atoms with Crippen LogP contribution in [0.4, 0.5) is 10.1 Å². The van der Waals surface area contributed by atoms with E-state index >= 15 is 0 Å². The number of halogens is 1. The van der Waals surface area contributed by atoms with Gasteiger partial charge in [-0.05, 0) is 29.8 Å². The Balaban J connectivity index is 1.51. The van der Waals surface area contributed by atoms with E-state index in [1.54, 1.807) is 17.0 Å². The fourth-order valence-electron chi connectivity index (χ4n) is 3.03. The van der Waals surface area contributed by atoms with Crippen LogP contribution in [0, 0.1) is 21.8 Å². The summed E-state index contributed by atoms with van der Waals surface area (Å²) in [6, 6.07) is 11.4. The molecule has 0 spiro atoms. The van der Waals surface area contributed by atoms with Gasteiger partial charge in [-0.25, -0.2) is 4.39 Å². The van der Waals surface area contributed by atoms with Crippen LogP contribution in [0.3, 0.4) is 0 Å². The van der Waals surface area contributed by atoms with Gasteiger partial charge in [-0.1, -0.05) is 12.1 Å². The van der Waals surface area contributed by atoms with Crippen molar-refractivity contribution in [2.75, 3.05) is 13.1 Å². The Morgan fingerprint density at radius 2 is 1.85 bits per heavy atom. The highest BCUT2D eigenvalue weighted by Crippen LogP contribution is 2.20. The Hall–Kier alpha value is -3.29. The van der Waals surface area contributed by atoms with Gasteiger partial charge < -0.3 is 10.2 Å². The third-order valence-corrected chi connectivity index (χ3v) is 4.47. The van der Waals surface area contributed by atoms with Crippen molar-refractivity contribution in [1.82, 2.24) is 10.2 Å². The number of nitrogens with zero attached hydrogens (tertiary/aromatic N) is 2. The number of benzene rings is 2. The van der Waals surface area contributed by atoms with Crippen LogP contribution in [0.1, 0.15) is 22.3 Å². The summed E-state index contributed by atoms with van der Waals surface area (Å²) < 4.78 is 13.0. The van der Waals surface area contributed by atoms with E-state index in [2.05, 4.69) is 5.32 Å². The van der Waals surface area contributed by atoms with Crippen LogP contribution in [0.5, 0.6) is 0 Å². The Morgan fingerprint density at radius 3 is 2.48 bits per heavy atom. The van der Waals surface area contributed by atoms with E-state index in [0.29, 0.717) is 31.6 Å². The van der Waals surface area contributed by atoms with Gasteiger partial charge >= 0.3 is 0 Å². The number of hydrogen-bond donors (Lipinski definition) is 1. The zero-order valence-corrected chi connectivity index (χ0v) is 14.4. The molecular weight excluding hydrogens is 353 g/mol. The maximum atomic E-state index is 13.0. The van der Waals surface area contributed by atoms with E-state index in [-0.39, 0.29) is 29.2 Å². The summed E-state index contributed by atoms with van der Waals surface area (Å²) in [4.78, 5) is 36.1. The summed E-state index contributed by atoms with van der Waals surface area (Å²) in [6.07, 6.45) is 0.335. The fraction of sp³-hybridized carbons (Fsp3) is 0.263. The molecule has 1 N–H and O–H groups in total. The second-order valence-corrected chi connectivity index (χ2v) is 6.48. The molecule has 0 aliphatic carbocycles. The molecule has 3 rings (SSSR count). The number of rotatable bonds is 6. The Kier molecular flexibility index (Phi) is 5.44. The molecular formula is C19H18FN3O4. The summed E-state index contributed by atoms with van der Waals surface area (Å²) in [5, 5.41) is 13.4. The van der Waals surface area contributed by atoms with Crippen molar-refractivity contribution >= 4 is 17.5 Å². The highest BCUT2D eigenvalue weighted by atomic mass is 19.1. The van der Waals surface area contributed by atoms with Gasteiger partial charge in [-0.2, -0.15) is 0 Å². The van der Waals surface area contributed by atoms with E-state index in [1.807, 2.05) is 0 Å². The summed E-state index contributed by atoms with van der Waals surface area (Å²) in [5.41, 5.74) is 1.10. The number of likely N-dealkylation sites (tertiary alicyclic amines) is 1. The molecule has 0 saturated carbocycles. The molecule has 0 aromatic heterocycles. The second-order valence-electron chi connectivity index (χ2n) is 6.48. The molecule has 27 heavy (non-hydrogen) atoms. The largest absolute Gasteiger partial charge is 0.352 e. The van der Waals surface area contributed by atoms with Gasteiger partial charge in [0, 0.05) is 49.7 Å². The molecule has 2 aromatic carbocycles. The summed E-state index contributed by atoms with van der Waals surface area (Å²) in [7, 11) is 0. The summed E-state index contributed by atoms with van der Waals surface area (Å²) >= 11 is 0. The lowest BCUT2D eigenvalue weighted by Gasteiger charge is -2.17. The van der Waals surface area contributed by atoms with Gasteiger partial charge in [0.05, 0.1) is 4.92 Å². The van der Waals surface area contributed by atoms with E-state index in [0.717, 1.165) is 5.56 Å². The molecule has 8 heteroatoms. The van der Waals surface area contributed by atoms with Gasteiger partial charge in [-0.15, -0.1) is 0 Å². The minimum absolute atomic E-state index is 0.00564. The van der Waals surface area contributed by atoms with E-state index in [1.165, 1.54) is 36.4 Å². The van der Waals surface area contributed by atoms with Gasteiger partial charge in [0.1, 0.15) is 5.82 Å². The molecule has 1 aliphatic rings. The molecule has 2 aromatic rings. The normalized spacial score (nSPS) is 16.4. The lowest BCUT2D eigenvalue weighted by molar-refractivity contribution is -0.384. The number of amides is 2. The van der Waals surface area contributed by atoms with E-state index in [9.17, 15) is 24.1 Å². The predicted octanol–water partition coefficient (Wildman–Crippen LogP) is 2.51. The van der Waals surface area contributed by atoms with Gasteiger partial charge in [-0.3, -0.25) is 19.7 Å². The zero-order valence-electron chi connectivity index (χ0n) is 14.4. The highest BCUT2D eigenvalue weighted by Gasteiger charge is 2.29. The minimum Gasteiger partial charge on any atom is -0.352 e. The first-order valence-corrected chi connectivity index (χ1v) is 8.47. The van der Waals surface area contributed by atoms with Gasteiger partial charge in [0.2, 0.25) is 5.91 Å². The van der Waals surface area contributed by atoms with Gasteiger partial charge in [0.15, 0.2) is 0 Å². The van der Waals surface area contributed by atoms with Crippen molar-refractivity contribution in [3.05, 3.63) is 75.6 Å². The molecule has 1 unspecified atom stereocenters. The Bertz CT molecular complexity index is 852. The number of hydrogen-bond acceptors (Lipinski definition) is 4. The average Bonchev–Trinajstić information content (AvgIpc) is 3.01. The van der Waals surface area contributed by atoms with Crippen LogP contribution in [0.25, 0.3) is 0 Å². The van der Waals surface area contributed by atoms with Crippen molar-refractivity contribution < 1.29 is 18.9 Å². The Labute approximate surface area is 154 Å². The van der Waals surface area contributed by atoms with Crippen molar-refractivity contribution in [1.29, 1.82) is 0 Å². The van der Waals surface area contributed by atoms with Crippen molar-refractivity contribution in [2.24, 2.45) is 5.92 Å². The Morgan fingerprint density at radius 1 is 1.19 bits per heavy atom. The highest BCUT2D eigenvalue weighted by molar-refractivity contribution is 5.94. The molecule has 1 heterocycles. The standard InChI is InChI=1S/C19H18FN3O4/c20-16-5-1-13(2-6-16)11-22-12-14(9-18(22)24)10-21-19(25)15-3-7-17(8-4-15)23(26)27/h1-8,14H,9-12H2,(H,21,25). The minimum atomic E-state index is -0.526. The average molecular weight is 371 g/mol. The number of non-ortho nitro benzene ring substituents is 1. The molecule has 1 aliphatic heterocycles. The van der Waals surface area contributed by atoms with E-state index < -0.39 is 4.92 Å². The number of nitrogens with one attached hydrogen (secondary N) is 1. The lowest BCUT2D eigenvalue weighted by atomic mass is 10.1. The molecule has 1 atom stereocenters. The second kappa shape index (κ2) is 7.94. The van der Waals surface area contributed by atoms with Crippen molar-refractivity contribution in [2.45, 2.75) is 13.0 Å². The third kappa shape index (κ3) is 4.66. The lowest BCUT2D eigenvalue weighted by Crippen LogP contribution is -2.31. The SMILES string of the molecule is O=C(NCC1CC(=O)N(Cc2ccc(F)cc2)C1)c1ccc([N+](=O)[O-])cc1. The monoisotopic (exact) mass is 371 g/mol. The molecule has 2 amide bonds. The van der Waals surface area contributed by atoms with Crippen molar-refractivity contribution in [3.63, 3.8) is 0 Å².